The number of anilines is 1. The van der Waals surface area contributed by atoms with Crippen molar-refractivity contribution in [1.29, 1.82) is 0 Å². The predicted octanol–water partition coefficient (Wildman–Crippen LogP) is 4.82. The van der Waals surface area contributed by atoms with Gasteiger partial charge in [0.2, 0.25) is 0 Å². The molecule has 1 N–H and O–H groups in total. The number of fused-ring (bicyclic) bond motifs is 1. The van der Waals surface area contributed by atoms with Crippen LogP contribution in [0.25, 0.3) is 17.0 Å². The van der Waals surface area contributed by atoms with Gasteiger partial charge >= 0.3 is 0 Å². The molecule has 1 atom stereocenters. The molecule has 5 nitrogen and oxygen atoms in total. The Morgan fingerprint density at radius 1 is 1.20 bits per heavy atom. The van der Waals surface area contributed by atoms with Crippen molar-refractivity contribution in [2.45, 2.75) is 13.0 Å². The van der Waals surface area contributed by atoms with Crippen LogP contribution < -0.4 is 5.32 Å². The second-order valence-electron chi connectivity index (χ2n) is 5.53. The van der Waals surface area contributed by atoms with Gasteiger partial charge in [0.05, 0.1) is 6.04 Å². The molecule has 0 amide bonds. The number of halogens is 2. The Labute approximate surface area is 152 Å². The first-order valence-corrected chi connectivity index (χ1v) is 8.91. The Balaban J connectivity index is 1.69. The van der Waals surface area contributed by atoms with E-state index < -0.39 is 0 Å². The SMILES string of the molecule is CC(Nc1ccc2nnc(-c3ccsc3)n2n1)c1c(F)cccc1Cl. The summed E-state index contributed by atoms with van der Waals surface area (Å²) in [5, 5.41) is 20.4. The molecule has 0 saturated heterocycles. The highest BCUT2D eigenvalue weighted by atomic mass is 35.5. The lowest BCUT2D eigenvalue weighted by Gasteiger charge is -2.17. The number of hydrogen-bond donors (Lipinski definition) is 1. The topological polar surface area (TPSA) is 55.1 Å². The van der Waals surface area contributed by atoms with Gasteiger partial charge in [0.25, 0.3) is 0 Å². The lowest BCUT2D eigenvalue weighted by molar-refractivity contribution is 0.600. The monoisotopic (exact) mass is 373 g/mol. The fourth-order valence-electron chi connectivity index (χ4n) is 2.66. The highest BCUT2D eigenvalue weighted by Gasteiger charge is 2.16. The van der Waals surface area contributed by atoms with Crippen molar-refractivity contribution in [2.75, 3.05) is 5.32 Å². The van der Waals surface area contributed by atoms with E-state index in [4.69, 9.17) is 11.6 Å². The zero-order chi connectivity index (χ0) is 17.4. The highest BCUT2D eigenvalue weighted by molar-refractivity contribution is 7.08. The molecule has 0 saturated carbocycles. The minimum atomic E-state index is -0.350. The van der Waals surface area contributed by atoms with Crippen molar-refractivity contribution in [2.24, 2.45) is 0 Å². The van der Waals surface area contributed by atoms with Crippen molar-refractivity contribution < 1.29 is 4.39 Å². The van der Waals surface area contributed by atoms with Crippen molar-refractivity contribution in [3.05, 3.63) is 63.6 Å². The maximum Gasteiger partial charge on any atom is 0.186 e. The van der Waals surface area contributed by atoms with Crippen LogP contribution in [0.3, 0.4) is 0 Å². The molecule has 4 rings (SSSR count). The van der Waals surface area contributed by atoms with Gasteiger partial charge in [-0.1, -0.05) is 17.7 Å². The standard InChI is InChI=1S/C17H13ClFN5S/c1-10(16-12(18)3-2-4-13(16)19)20-14-5-6-15-21-22-17(24(15)23-14)11-7-8-25-9-11/h2-10H,1H3,(H,20,23). The minimum absolute atomic E-state index is 0.347. The molecule has 0 fully saturated rings. The van der Waals surface area contributed by atoms with Crippen LogP contribution in [0.1, 0.15) is 18.5 Å². The van der Waals surface area contributed by atoms with Crippen LogP contribution >= 0.6 is 22.9 Å². The van der Waals surface area contributed by atoms with Gasteiger partial charge in [-0.2, -0.15) is 15.9 Å². The Kier molecular flexibility index (Phi) is 4.10. The summed E-state index contributed by atoms with van der Waals surface area (Å²) >= 11 is 7.72. The number of hydrogen-bond acceptors (Lipinski definition) is 5. The third-order valence-electron chi connectivity index (χ3n) is 3.84. The molecule has 0 radical (unpaired) electrons. The van der Waals surface area contributed by atoms with E-state index in [-0.39, 0.29) is 11.9 Å². The van der Waals surface area contributed by atoms with Crippen molar-refractivity contribution in [1.82, 2.24) is 19.8 Å². The molecule has 126 valence electrons. The molecule has 8 heteroatoms. The summed E-state index contributed by atoms with van der Waals surface area (Å²) in [5.41, 5.74) is 2.00. The zero-order valence-electron chi connectivity index (χ0n) is 13.1. The molecular weight excluding hydrogens is 361 g/mol. The van der Waals surface area contributed by atoms with Crippen LogP contribution in [0.5, 0.6) is 0 Å². The summed E-state index contributed by atoms with van der Waals surface area (Å²) in [7, 11) is 0. The normalized spacial score (nSPS) is 12.4. The average Bonchev–Trinajstić information content (AvgIpc) is 3.23. The third kappa shape index (κ3) is 2.96. The van der Waals surface area contributed by atoms with E-state index in [1.54, 1.807) is 34.1 Å². The molecule has 3 heterocycles. The van der Waals surface area contributed by atoms with Crippen molar-refractivity contribution in [3.63, 3.8) is 0 Å². The molecule has 1 unspecified atom stereocenters. The quantitative estimate of drug-likeness (QED) is 0.557. The Morgan fingerprint density at radius 3 is 2.84 bits per heavy atom. The highest BCUT2D eigenvalue weighted by Crippen LogP contribution is 2.28. The second kappa shape index (κ2) is 6.42. The lowest BCUT2D eigenvalue weighted by atomic mass is 10.1. The largest absolute Gasteiger partial charge is 0.362 e. The smallest absolute Gasteiger partial charge is 0.186 e. The fourth-order valence-corrected chi connectivity index (χ4v) is 3.62. The summed E-state index contributed by atoms with van der Waals surface area (Å²) in [5.74, 6) is 0.893. The molecule has 0 aliphatic heterocycles. The molecule has 3 aromatic heterocycles. The van der Waals surface area contributed by atoms with Gasteiger partial charge in [-0.3, -0.25) is 0 Å². The van der Waals surface area contributed by atoms with Crippen LogP contribution in [0, 0.1) is 5.82 Å². The first-order valence-electron chi connectivity index (χ1n) is 7.59. The summed E-state index contributed by atoms with van der Waals surface area (Å²) < 4.78 is 15.8. The molecular formula is C17H13ClFN5S. The number of thiophene rings is 1. The molecule has 25 heavy (non-hydrogen) atoms. The van der Waals surface area contributed by atoms with Crippen LogP contribution in [-0.2, 0) is 0 Å². The van der Waals surface area contributed by atoms with Crippen LogP contribution in [0.2, 0.25) is 5.02 Å². The Bertz CT molecular complexity index is 1010. The van der Waals surface area contributed by atoms with Crippen LogP contribution in [0.15, 0.2) is 47.2 Å². The van der Waals surface area contributed by atoms with Crippen molar-refractivity contribution >= 4 is 34.4 Å². The van der Waals surface area contributed by atoms with E-state index >= 15 is 0 Å². The summed E-state index contributed by atoms with van der Waals surface area (Å²) in [6.45, 7) is 1.84. The predicted molar refractivity (Wildman–Crippen MR) is 97.5 cm³/mol. The van der Waals surface area contributed by atoms with E-state index in [1.165, 1.54) is 6.07 Å². The van der Waals surface area contributed by atoms with E-state index in [2.05, 4.69) is 20.6 Å². The van der Waals surface area contributed by atoms with Crippen molar-refractivity contribution in [3.8, 4) is 11.4 Å². The first kappa shape index (κ1) is 16.0. The van der Waals surface area contributed by atoms with Gasteiger partial charge in [-0.05, 0) is 42.6 Å². The van der Waals surface area contributed by atoms with E-state index in [1.807, 2.05) is 29.8 Å². The van der Waals surface area contributed by atoms with Crippen LogP contribution in [0.4, 0.5) is 10.2 Å². The second-order valence-corrected chi connectivity index (χ2v) is 6.71. The number of benzene rings is 1. The lowest BCUT2D eigenvalue weighted by Crippen LogP contribution is -2.11. The summed E-state index contributed by atoms with van der Waals surface area (Å²) in [6.07, 6.45) is 0. The minimum Gasteiger partial charge on any atom is -0.362 e. The number of nitrogens with zero attached hydrogens (tertiary/aromatic N) is 4. The zero-order valence-corrected chi connectivity index (χ0v) is 14.7. The third-order valence-corrected chi connectivity index (χ3v) is 4.85. The van der Waals surface area contributed by atoms with Gasteiger partial charge in [-0.25, -0.2) is 4.39 Å². The molecule has 0 bridgehead atoms. The van der Waals surface area contributed by atoms with Crippen LogP contribution in [-0.4, -0.2) is 19.8 Å². The fraction of sp³-hybridized carbons (Fsp3) is 0.118. The van der Waals surface area contributed by atoms with E-state index in [9.17, 15) is 4.39 Å². The average molecular weight is 374 g/mol. The summed E-state index contributed by atoms with van der Waals surface area (Å²) in [6, 6.07) is 9.86. The van der Waals surface area contributed by atoms with E-state index in [0.29, 0.717) is 27.9 Å². The van der Waals surface area contributed by atoms with Gasteiger partial charge in [-0.15, -0.1) is 15.3 Å². The number of nitrogens with one attached hydrogen (secondary N) is 1. The molecule has 1 aromatic carbocycles. The maximum absolute atomic E-state index is 14.1. The maximum atomic E-state index is 14.1. The first-order chi connectivity index (χ1) is 12.1. The summed E-state index contributed by atoms with van der Waals surface area (Å²) in [4.78, 5) is 0. The van der Waals surface area contributed by atoms with Gasteiger partial charge < -0.3 is 5.32 Å². The molecule has 0 aliphatic rings. The van der Waals surface area contributed by atoms with Gasteiger partial charge in [0.15, 0.2) is 11.5 Å². The van der Waals surface area contributed by atoms with E-state index in [0.717, 1.165) is 5.56 Å². The molecule has 4 aromatic rings. The Hall–Kier alpha value is -2.51. The molecule has 0 aliphatic carbocycles. The number of rotatable bonds is 4. The van der Waals surface area contributed by atoms with Gasteiger partial charge in [0, 0.05) is 21.5 Å². The molecule has 0 spiro atoms. The van der Waals surface area contributed by atoms with Gasteiger partial charge in [0.1, 0.15) is 11.6 Å². The number of aromatic nitrogens is 4. The Morgan fingerprint density at radius 2 is 2.08 bits per heavy atom.